The van der Waals surface area contributed by atoms with Crippen molar-refractivity contribution < 1.29 is 9.53 Å². The number of methoxy groups -OCH3 is 1. The Balaban J connectivity index is 1.74. The molecule has 0 amide bonds. The molecule has 0 spiro atoms. The van der Waals surface area contributed by atoms with E-state index in [-0.39, 0.29) is 17.6 Å². The van der Waals surface area contributed by atoms with E-state index < -0.39 is 0 Å². The van der Waals surface area contributed by atoms with Crippen molar-refractivity contribution in [1.29, 1.82) is 0 Å². The number of ether oxygens (including phenoxy) is 1. The number of rotatable bonds is 3. The Morgan fingerprint density at radius 3 is 2.33 bits per heavy atom. The minimum atomic E-state index is -0.121. The highest BCUT2D eigenvalue weighted by Crippen LogP contribution is 2.44. The summed E-state index contributed by atoms with van der Waals surface area (Å²) in [5, 5.41) is 0. The zero-order valence-electron chi connectivity index (χ0n) is 13.5. The molecule has 2 nitrogen and oxygen atoms in total. The summed E-state index contributed by atoms with van der Waals surface area (Å²) in [5.74, 6) is 1.06. The van der Waals surface area contributed by atoms with Crippen LogP contribution in [-0.2, 0) is 4.79 Å². The number of benzene rings is 2. The van der Waals surface area contributed by atoms with Crippen molar-refractivity contribution in [3.63, 3.8) is 0 Å². The molecule has 2 aliphatic rings. The Labute approximate surface area is 141 Å². The molecule has 0 fully saturated rings. The lowest BCUT2D eigenvalue weighted by Gasteiger charge is -2.24. The monoisotopic (exact) mass is 314 g/mol. The molecule has 2 aromatic carbocycles. The molecule has 4 rings (SSSR count). The van der Waals surface area contributed by atoms with E-state index in [0.717, 1.165) is 28.0 Å². The average Bonchev–Trinajstić information content (AvgIpc) is 2.95. The molecule has 0 aromatic heterocycles. The third-order valence-electron chi connectivity index (χ3n) is 4.71. The van der Waals surface area contributed by atoms with Gasteiger partial charge in [-0.3, -0.25) is 4.79 Å². The summed E-state index contributed by atoms with van der Waals surface area (Å²) in [5.41, 5.74) is 4.45. The van der Waals surface area contributed by atoms with Crippen LogP contribution >= 0.6 is 0 Å². The summed E-state index contributed by atoms with van der Waals surface area (Å²) in [6.45, 7) is 0. The number of hydrogen-bond donors (Lipinski definition) is 0. The van der Waals surface area contributed by atoms with Crippen molar-refractivity contribution in [2.45, 2.75) is 0 Å². The zero-order chi connectivity index (χ0) is 16.5. The van der Waals surface area contributed by atoms with Crippen molar-refractivity contribution >= 4 is 17.4 Å². The first-order valence-corrected chi connectivity index (χ1v) is 8.11. The molecule has 2 bridgehead atoms. The van der Waals surface area contributed by atoms with Gasteiger partial charge in [-0.15, -0.1) is 0 Å². The smallest absolute Gasteiger partial charge is 0.166 e. The number of carbonyl (C=O) groups is 1. The minimum Gasteiger partial charge on any atom is -0.497 e. The first kappa shape index (κ1) is 14.7. The number of allylic oxidation sites excluding steroid dienone is 5. The van der Waals surface area contributed by atoms with Crippen molar-refractivity contribution in [3.8, 4) is 5.75 Å². The van der Waals surface area contributed by atoms with Crippen LogP contribution in [0.1, 0.15) is 11.1 Å². The van der Waals surface area contributed by atoms with Crippen molar-refractivity contribution in [3.05, 3.63) is 89.5 Å². The van der Waals surface area contributed by atoms with Crippen LogP contribution in [0, 0.1) is 11.8 Å². The van der Waals surface area contributed by atoms with Crippen molar-refractivity contribution in [2.75, 3.05) is 7.11 Å². The second-order valence-electron chi connectivity index (χ2n) is 6.13. The molecule has 2 heteroatoms. The largest absolute Gasteiger partial charge is 0.497 e. The highest BCUT2D eigenvalue weighted by Gasteiger charge is 2.36. The van der Waals surface area contributed by atoms with Crippen LogP contribution in [0.15, 0.2) is 78.4 Å². The predicted molar refractivity (Wildman–Crippen MR) is 96.5 cm³/mol. The second-order valence-corrected chi connectivity index (χ2v) is 6.13. The van der Waals surface area contributed by atoms with Gasteiger partial charge in [-0.05, 0) is 40.5 Å². The summed E-state index contributed by atoms with van der Waals surface area (Å²) in [4.78, 5) is 12.5. The van der Waals surface area contributed by atoms with Gasteiger partial charge in [-0.2, -0.15) is 0 Å². The maximum Gasteiger partial charge on any atom is 0.166 e. The Hall–Kier alpha value is -2.87. The molecule has 0 saturated heterocycles. The van der Waals surface area contributed by atoms with Gasteiger partial charge in [0.05, 0.1) is 13.0 Å². The van der Waals surface area contributed by atoms with Gasteiger partial charge in [0.2, 0.25) is 0 Å². The molecule has 118 valence electrons. The molecule has 24 heavy (non-hydrogen) atoms. The highest BCUT2D eigenvalue weighted by molar-refractivity contribution is 6.06. The predicted octanol–water partition coefficient (Wildman–Crippen LogP) is 4.55. The van der Waals surface area contributed by atoms with Gasteiger partial charge in [-0.1, -0.05) is 60.7 Å². The van der Waals surface area contributed by atoms with Gasteiger partial charge in [0, 0.05) is 5.92 Å². The fourth-order valence-corrected chi connectivity index (χ4v) is 3.48. The van der Waals surface area contributed by atoms with Crippen LogP contribution in [0.25, 0.3) is 11.6 Å². The number of ketones is 1. The molecular weight excluding hydrogens is 296 g/mol. The minimum absolute atomic E-state index is 0.121. The van der Waals surface area contributed by atoms with E-state index in [2.05, 4.69) is 24.3 Å². The molecule has 2 atom stereocenters. The average molecular weight is 314 g/mol. The molecule has 0 saturated carbocycles. The highest BCUT2D eigenvalue weighted by atomic mass is 16.5. The summed E-state index contributed by atoms with van der Waals surface area (Å²) in [6, 6.07) is 18.1. The SMILES string of the molecule is COc1ccc(C=C2C3C=CC2C(c2ccccc2)=CC3=O)cc1. The van der Waals surface area contributed by atoms with E-state index in [9.17, 15) is 4.79 Å². The molecule has 2 unspecified atom stereocenters. The normalized spacial score (nSPS) is 23.5. The third kappa shape index (κ3) is 2.50. The van der Waals surface area contributed by atoms with Gasteiger partial charge in [-0.25, -0.2) is 0 Å². The fraction of sp³-hybridized carbons (Fsp3) is 0.136. The summed E-state index contributed by atoms with van der Waals surface area (Å²) in [6.07, 6.45) is 8.15. The van der Waals surface area contributed by atoms with E-state index in [0.29, 0.717) is 0 Å². The Morgan fingerprint density at radius 2 is 1.62 bits per heavy atom. The Kier molecular flexibility index (Phi) is 3.66. The van der Waals surface area contributed by atoms with E-state index in [1.807, 2.05) is 54.6 Å². The molecule has 0 aliphatic heterocycles. The molecule has 2 aromatic rings. The van der Waals surface area contributed by atoms with Crippen molar-refractivity contribution in [2.24, 2.45) is 11.8 Å². The molecule has 0 N–H and O–H groups in total. The van der Waals surface area contributed by atoms with E-state index in [1.54, 1.807) is 7.11 Å². The standard InChI is InChI=1S/C22H18O2/c1-24-17-9-7-15(8-10-17)13-21-18-11-12-19(21)22(23)14-20(18)16-5-3-2-4-6-16/h2-14,18-19H,1H3. The maximum atomic E-state index is 12.5. The third-order valence-corrected chi connectivity index (χ3v) is 4.71. The number of carbonyl (C=O) groups excluding carboxylic acids is 1. The summed E-state index contributed by atoms with van der Waals surface area (Å²) < 4.78 is 5.21. The van der Waals surface area contributed by atoms with Gasteiger partial charge in [0.1, 0.15) is 5.75 Å². The lowest BCUT2D eigenvalue weighted by molar-refractivity contribution is -0.116. The van der Waals surface area contributed by atoms with Crippen LogP contribution in [0.5, 0.6) is 5.75 Å². The lowest BCUT2D eigenvalue weighted by atomic mass is 9.78. The lowest BCUT2D eigenvalue weighted by Crippen LogP contribution is -2.19. The van der Waals surface area contributed by atoms with Gasteiger partial charge in [0.15, 0.2) is 5.78 Å². The van der Waals surface area contributed by atoms with Gasteiger partial charge >= 0.3 is 0 Å². The zero-order valence-corrected chi connectivity index (χ0v) is 13.5. The van der Waals surface area contributed by atoms with E-state index in [4.69, 9.17) is 4.74 Å². The van der Waals surface area contributed by atoms with Gasteiger partial charge < -0.3 is 4.74 Å². The molecule has 2 aliphatic carbocycles. The second kappa shape index (κ2) is 5.97. The quantitative estimate of drug-likeness (QED) is 0.777. The van der Waals surface area contributed by atoms with Crippen molar-refractivity contribution in [1.82, 2.24) is 0 Å². The number of fused-ring (bicyclic) bond motifs is 2. The van der Waals surface area contributed by atoms with Crippen LogP contribution in [0.4, 0.5) is 0 Å². The van der Waals surface area contributed by atoms with Crippen LogP contribution in [0.2, 0.25) is 0 Å². The first-order valence-electron chi connectivity index (χ1n) is 8.11. The first-order chi connectivity index (χ1) is 11.8. The Morgan fingerprint density at radius 1 is 0.917 bits per heavy atom. The topological polar surface area (TPSA) is 26.3 Å². The fourth-order valence-electron chi connectivity index (χ4n) is 3.48. The van der Waals surface area contributed by atoms with Crippen LogP contribution < -0.4 is 4.74 Å². The van der Waals surface area contributed by atoms with E-state index >= 15 is 0 Å². The van der Waals surface area contributed by atoms with Gasteiger partial charge in [0.25, 0.3) is 0 Å². The summed E-state index contributed by atoms with van der Waals surface area (Å²) in [7, 11) is 1.66. The molecule has 0 radical (unpaired) electrons. The van der Waals surface area contributed by atoms with E-state index in [1.165, 1.54) is 0 Å². The Bertz CT molecular complexity index is 855. The molecular formula is C22H18O2. The maximum absolute atomic E-state index is 12.5. The van der Waals surface area contributed by atoms with Crippen LogP contribution in [-0.4, -0.2) is 12.9 Å². The van der Waals surface area contributed by atoms with Crippen LogP contribution in [0.3, 0.4) is 0 Å². The summed E-state index contributed by atoms with van der Waals surface area (Å²) >= 11 is 0. The number of hydrogen-bond acceptors (Lipinski definition) is 2. The molecule has 0 heterocycles.